The zero-order chi connectivity index (χ0) is 6.85. The summed E-state index contributed by atoms with van der Waals surface area (Å²) in [5, 5.41) is 7.95. The molecule has 0 spiro atoms. The molecule has 0 aromatic carbocycles. The number of nitrogens with zero attached hydrogens (tertiary/aromatic N) is 3. The van der Waals surface area contributed by atoms with Gasteiger partial charge in [-0.05, 0) is 6.92 Å². The number of carbonyl (C=O) groups is 1. The van der Waals surface area contributed by atoms with Crippen LogP contribution in [0.3, 0.4) is 0 Å². The molecule has 1 aliphatic heterocycles. The smallest absolute Gasteiger partial charge is 0.257 e. The predicted octanol–water partition coefficient (Wildman–Crippen LogP) is 0.136. The normalized spacial score (nSPS) is 27.1. The van der Waals surface area contributed by atoms with Gasteiger partial charge in [0.05, 0.1) is 12.6 Å². The molecule has 5 nitrogen and oxygen atoms in total. The fraction of sp³-hybridized carbons (Fsp3) is 0.750. The second kappa shape index (κ2) is 2.10. The summed E-state index contributed by atoms with van der Waals surface area (Å²) < 4.78 is 0. The van der Waals surface area contributed by atoms with E-state index in [1.807, 2.05) is 6.92 Å². The molecule has 0 bridgehead atoms. The Labute approximate surface area is 52.5 Å². The minimum atomic E-state index is -0.465. The third-order valence-electron chi connectivity index (χ3n) is 1.05. The lowest BCUT2D eigenvalue weighted by Gasteiger charge is -2.18. The Morgan fingerprint density at radius 1 is 1.89 bits per heavy atom. The van der Waals surface area contributed by atoms with Crippen LogP contribution in [0, 0.1) is 0 Å². The maximum atomic E-state index is 10.5. The summed E-state index contributed by atoms with van der Waals surface area (Å²) in [4.78, 5) is 10.5. The maximum absolute atomic E-state index is 10.5. The number of hydrogen-bond acceptors (Lipinski definition) is 3. The number of urea groups is 1. The van der Waals surface area contributed by atoms with E-state index in [-0.39, 0.29) is 6.04 Å². The molecule has 0 saturated carbocycles. The van der Waals surface area contributed by atoms with Crippen molar-refractivity contribution in [1.82, 2.24) is 5.01 Å². The van der Waals surface area contributed by atoms with Crippen molar-refractivity contribution in [2.45, 2.75) is 13.0 Å². The predicted molar refractivity (Wildman–Crippen MR) is 30.6 cm³/mol. The molecular weight excluding hydrogens is 120 g/mol. The van der Waals surface area contributed by atoms with Crippen LogP contribution in [0.4, 0.5) is 4.79 Å². The number of carbonyl (C=O) groups excluding carboxylic acids is 1. The Hall–Kier alpha value is -0.970. The fourth-order valence-electron chi connectivity index (χ4n) is 0.605. The number of hydrogen-bond donors (Lipinski definition) is 1. The summed E-state index contributed by atoms with van der Waals surface area (Å²) in [5.41, 5.74) is 0. The summed E-state index contributed by atoms with van der Waals surface area (Å²) in [6.07, 6.45) is 0. The highest BCUT2D eigenvalue weighted by Crippen LogP contribution is 2.01. The lowest BCUT2D eigenvalue weighted by molar-refractivity contribution is 0.196. The standard InChI is InChI=1S/C4H8N4O/c1-3-2-8(5)4(9)7-6-3/h3H,2,5H2,1H3. The number of rotatable bonds is 0. The molecule has 0 radical (unpaired) electrons. The molecule has 1 heterocycles. The monoisotopic (exact) mass is 128 g/mol. The van der Waals surface area contributed by atoms with Gasteiger partial charge in [0, 0.05) is 0 Å². The van der Waals surface area contributed by atoms with E-state index in [9.17, 15) is 4.79 Å². The molecule has 50 valence electrons. The van der Waals surface area contributed by atoms with E-state index < -0.39 is 6.03 Å². The summed E-state index contributed by atoms with van der Waals surface area (Å²) in [6, 6.07) is -0.430. The van der Waals surface area contributed by atoms with Gasteiger partial charge in [-0.1, -0.05) is 5.11 Å². The molecule has 9 heavy (non-hydrogen) atoms. The van der Waals surface area contributed by atoms with Crippen LogP contribution in [0.1, 0.15) is 6.92 Å². The van der Waals surface area contributed by atoms with Gasteiger partial charge in [-0.25, -0.2) is 10.6 Å². The first-order chi connectivity index (χ1) is 4.20. The largest absolute Gasteiger partial charge is 0.376 e. The zero-order valence-electron chi connectivity index (χ0n) is 5.11. The number of amides is 2. The van der Waals surface area contributed by atoms with Gasteiger partial charge in [0.25, 0.3) is 0 Å². The molecule has 1 atom stereocenters. The van der Waals surface area contributed by atoms with Gasteiger partial charge in [-0.15, -0.1) is 0 Å². The van der Waals surface area contributed by atoms with Gasteiger partial charge in [0.1, 0.15) is 0 Å². The van der Waals surface area contributed by atoms with Crippen LogP contribution in [0.15, 0.2) is 10.2 Å². The molecule has 0 saturated heterocycles. The van der Waals surface area contributed by atoms with Crippen molar-refractivity contribution in [2.75, 3.05) is 6.54 Å². The van der Waals surface area contributed by atoms with E-state index in [1.165, 1.54) is 0 Å². The Bertz CT molecular complexity index is 155. The molecule has 0 aromatic rings. The molecule has 2 N–H and O–H groups in total. The number of hydrazine groups is 1. The van der Waals surface area contributed by atoms with Crippen molar-refractivity contribution in [3.8, 4) is 0 Å². The third kappa shape index (κ3) is 1.23. The van der Waals surface area contributed by atoms with Crippen LogP contribution in [0.2, 0.25) is 0 Å². The highest BCUT2D eigenvalue weighted by molar-refractivity contribution is 5.74. The van der Waals surface area contributed by atoms with Crippen molar-refractivity contribution in [3.05, 3.63) is 0 Å². The zero-order valence-corrected chi connectivity index (χ0v) is 5.11. The highest BCUT2D eigenvalue weighted by atomic mass is 16.2. The van der Waals surface area contributed by atoms with Crippen molar-refractivity contribution >= 4 is 6.03 Å². The Morgan fingerprint density at radius 3 is 3.00 bits per heavy atom. The minimum Gasteiger partial charge on any atom is -0.257 e. The van der Waals surface area contributed by atoms with Gasteiger partial charge < -0.3 is 0 Å². The van der Waals surface area contributed by atoms with Crippen molar-refractivity contribution in [3.63, 3.8) is 0 Å². The topological polar surface area (TPSA) is 71.0 Å². The van der Waals surface area contributed by atoms with Crippen LogP contribution in [-0.2, 0) is 0 Å². The molecule has 1 aliphatic rings. The first-order valence-corrected chi connectivity index (χ1v) is 2.67. The SMILES string of the molecule is CC1CN(N)C(=O)N=N1. The first-order valence-electron chi connectivity index (χ1n) is 2.67. The summed E-state index contributed by atoms with van der Waals surface area (Å²) in [6.45, 7) is 2.30. The molecule has 0 fully saturated rings. The average Bonchev–Trinajstić information content (AvgIpc) is 1.80. The van der Waals surface area contributed by atoms with Crippen LogP contribution < -0.4 is 5.84 Å². The quantitative estimate of drug-likeness (QED) is 0.372. The summed E-state index contributed by atoms with van der Waals surface area (Å²) >= 11 is 0. The van der Waals surface area contributed by atoms with E-state index >= 15 is 0 Å². The van der Waals surface area contributed by atoms with Crippen LogP contribution in [0.5, 0.6) is 0 Å². The number of azo groups is 1. The molecule has 5 heteroatoms. The van der Waals surface area contributed by atoms with Crippen molar-refractivity contribution in [1.29, 1.82) is 0 Å². The molecule has 1 rings (SSSR count). The van der Waals surface area contributed by atoms with E-state index in [2.05, 4.69) is 10.2 Å². The lowest BCUT2D eigenvalue weighted by atomic mass is 10.3. The van der Waals surface area contributed by atoms with Gasteiger partial charge >= 0.3 is 6.03 Å². The van der Waals surface area contributed by atoms with Crippen LogP contribution >= 0.6 is 0 Å². The van der Waals surface area contributed by atoms with Gasteiger partial charge in [0.15, 0.2) is 0 Å². The van der Waals surface area contributed by atoms with Gasteiger partial charge in [-0.2, -0.15) is 5.11 Å². The molecule has 0 aromatic heterocycles. The summed E-state index contributed by atoms with van der Waals surface area (Å²) in [5.74, 6) is 5.20. The Morgan fingerprint density at radius 2 is 2.56 bits per heavy atom. The number of nitrogens with two attached hydrogens (primary N) is 1. The molecular formula is C4H8N4O. The minimum absolute atomic E-state index is 0.0349. The van der Waals surface area contributed by atoms with Crippen LogP contribution in [0.25, 0.3) is 0 Å². The highest BCUT2D eigenvalue weighted by Gasteiger charge is 2.16. The fourth-order valence-corrected chi connectivity index (χ4v) is 0.605. The third-order valence-corrected chi connectivity index (χ3v) is 1.05. The second-order valence-corrected chi connectivity index (χ2v) is 2.00. The first kappa shape index (κ1) is 6.15. The molecule has 1 unspecified atom stereocenters. The van der Waals surface area contributed by atoms with E-state index in [4.69, 9.17) is 5.84 Å². The van der Waals surface area contributed by atoms with E-state index in [0.29, 0.717) is 6.54 Å². The van der Waals surface area contributed by atoms with E-state index in [1.54, 1.807) is 0 Å². The van der Waals surface area contributed by atoms with Gasteiger partial charge in [-0.3, -0.25) is 5.01 Å². The Kier molecular flexibility index (Phi) is 1.44. The average molecular weight is 128 g/mol. The molecule has 0 aliphatic carbocycles. The van der Waals surface area contributed by atoms with Crippen LogP contribution in [-0.4, -0.2) is 23.6 Å². The maximum Gasteiger partial charge on any atom is 0.376 e. The Balaban J connectivity index is 2.65. The van der Waals surface area contributed by atoms with Crippen molar-refractivity contribution in [2.24, 2.45) is 16.1 Å². The summed E-state index contributed by atoms with van der Waals surface area (Å²) in [7, 11) is 0. The second-order valence-electron chi connectivity index (χ2n) is 2.00. The molecule has 2 amide bonds. The van der Waals surface area contributed by atoms with Gasteiger partial charge in [0.2, 0.25) is 0 Å². The van der Waals surface area contributed by atoms with E-state index in [0.717, 1.165) is 5.01 Å². The van der Waals surface area contributed by atoms with Crippen molar-refractivity contribution < 1.29 is 4.79 Å². The lowest BCUT2D eigenvalue weighted by Crippen LogP contribution is -2.42.